The minimum Gasteiger partial charge on any atom is -0.444 e. The standard InChI is InChI=1S/C13H16F3NO5S/c1-12(2,3)22-11(18)17-9-6-5-8(23(4,19)20)7-10(9)21-13(14,15)16/h5-7H,1-4H3,(H,17,18). The largest absolute Gasteiger partial charge is 0.573 e. The van der Waals surface area contributed by atoms with E-state index in [1.54, 1.807) is 20.8 Å². The predicted molar refractivity (Wildman–Crippen MR) is 76.1 cm³/mol. The molecule has 0 radical (unpaired) electrons. The molecule has 1 aromatic rings. The smallest absolute Gasteiger partial charge is 0.444 e. The lowest BCUT2D eigenvalue weighted by molar-refractivity contribution is -0.274. The highest BCUT2D eigenvalue weighted by molar-refractivity contribution is 7.90. The van der Waals surface area contributed by atoms with E-state index in [9.17, 15) is 26.4 Å². The molecule has 0 aliphatic carbocycles. The molecule has 1 rings (SSSR count). The maximum atomic E-state index is 12.4. The molecule has 0 heterocycles. The second kappa shape index (κ2) is 6.26. The van der Waals surface area contributed by atoms with E-state index in [1.165, 1.54) is 0 Å². The van der Waals surface area contributed by atoms with Crippen molar-refractivity contribution in [1.82, 2.24) is 0 Å². The molecule has 0 saturated heterocycles. The number of anilines is 1. The Kier molecular flexibility index (Phi) is 5.20. The summed E-state index contributed by atoms with van der Waals surface area (Å²) in [5.41, 5.74) is -1.23. The SMILES string of the molecule is CC(C)(C)OC(=O)Nc1ccc(S(C)(=O)=O)cc1OC(F)(F)F. The molecule has 0 fully saturated rings. The summed E-state index contributed by atoms with van der Waals surface area (Å²) in [5.74, 6) is -0.855. The van der Waals surface area contributed by atoms with Gasteiger partial charge in [0.25, 0.3) is 0 Å². The number of benzene rings is 1. The minimum atomic E-state index is -5.06. The van der Waals surface area contributed by atoms with Crippen molar-refractivity contribution in [3.8, 4) is 5.75 Å². The van der Waals surface area contributed by atoms with Crippen LogP contribution in [0.1, 0.15) is 20.8 Å². The van der Waals surface area contributed by atoms with Crippen LogP contribution in [0.25, 0.3) is 0 Å². The summed E-state index contributed by atoms with van der Waals surface area (Å²) < 4.78 is 68.9. The molecule has 0 saturated carbocycles. The number of alkyl halides is 3. The Morgan fingerprint density at radius 3 is 2.17 bits per heavy atom. The maximum absolute atomic E-state index is 12.4. The van der Waals surface area contributed by atoms with Crippen molar-refractivity contribution in [3.05, 3.63) is 18.2 Å². The number of carbonyl (C=O) groups excluding carboxylic acids is 1. The Morgan fingerprint density at radius 1 is 1.17 bits per heavy atom. The van der Waals surface area contributed by atoms with Gasteiger partial charge in [0.05, 0.1) is 10.6 Å². The quantitative estimate of drug-likeness (QED) is 0.899. The first-order valence-corrected chi connectivity index (χ1v) is 8.16. The van der Waals surface area contributed by atoms with Crippen LogP contribution in [0.5, 0.6) is 5.75 Å². The van der Waals surface area contributed by atoms with E-state index in [-0.39, 0.29) is 10.6 Å². The lowest BCUT2D eigenvalue weighted by Gasteiger charge is -2.21. The predicted octanol–water partition coefficient (Wildman–Crippen LogP) is 3.34. The van der Waals surface area contributed by atoms with Gasteiger partial charge in [-0.25, -0.2) is 13.2 Å². The van der Waals surface area contributed by atoms with Gasteiger partial charge in [-0.3, -0.25) is 5.32 Å². The lowest BCUT2D eigenvalue weighted by Crippen LogP contribution is -2.27. The summed E-state index contributed by atoms with van der Waals surface area (Å²) in [6, 6.07) is 2.71. The van der Waals surface area contributed by atoms with Gasteiger partial charge in [0, 0.05) is 12.3 Å². The van der Waals surface area contributed by atoms with Crippen molar-refractivity contribution >= 4 is 21.6 Å². The first-order valence-electron chi connectivity index (χ1n) is 6.27. The van der Waals surface area contributed by atoms with Gasteiger partial charge in [-0.15, -0.1) is 13.2 Å². The van der Waals surface area contributed by atoms with Gasteiger partial charge in [0.1, 0.15) is 5.60 Å². The van der Waals surface area contributed by atoms with Gasteiger partial charge in [0.15, 0.2) is 15.6 Å². The molecule has 130 valence electrons. The number of halogens is 3. The van der Waals surface area contributed by atoms with E-state index in [1.807, 2.05) is 0 Å². The van der Waals surface area contributed by atoms with Gasteiger partial charge in [0.2, 0.25) is 0 Å². The second-order valence-electron chi connectivity index (χ2n) is 5.60. The Hall–Kier alpha value is -1.97. The summed E-state index contributed by atoms with van der Waals surface area (Å²) in [6.07, 6.45) is -5.22. The fraction of sp³-hybridized carbons (Fsp3) is 0.462. The van der Waals surface area contributed by atoms with Crippen LogP contribution in [-0.2, 0) is 14.6 Å². The molecule has 1 N–H and O–H groups in total. The van der Waals surface area contributed by atoms with Crippen LogP contribution in [0, 0.1) is 0 Å². The molecule has 1 amide bonds. The van der Waals surface area contributed by atoms with E-state index < -0.39 is 33.6 Å². The van der Waals surface area contributed by atoms with Crippen molar-refractivity contribution in [2.45, 2.75) is 37.6 Å². The van der Waals surface area contributed by atoms with Crippen LogP contribution in [0.2, 0.25) is 0 Å². The molecule has 10 heteroatoms. The zero-order chi connectivity index (χ0) is 18.1. The molecule has 0 unspecified atom stereocenters. The molecule has 0 aromatic heterocycles. The highest BCUT2D eigenvalue weighted by atomic mass is 32.2. The van der Waals surface area contributed by atoms with E-state index >= 15 is 0 Å². The van der Waals surface area contributed by atoms with Gasteiger partial charge < -0.3 is 9.47 Å². The van der Waals surface area contributed by atoms with Gasteiger partial charge in [-0.1, -0.05) is 0 Å². The molecule has 0 bridgehead atoms. The average molecular weight is 355 g/mol. The third-order valence-corrected chi connectivity index (χ3v) is 3.35. The monoisotopic (exact) mass is 355 g/mol. The number of hydrogen-bond acceptors (Lipinski definition) is 5. The number of hydrogen-bond donors (Lipinski definition) is 1. The number of sulfone groups is 1. The third-order valence-electron chi connectivity index (χ3n) is 2.24. The molecular weight excluding hydrogens is 339 g/mol. The van der Waals surface area contributed by atoms with E-state index in [4.69, 9.17) is 4.74 Å². The van der Waals surface area contributed by atoms with Crippen molar-refractivity contribution in [2.75, 3.05) is 11.6 Å². The number of ether oxygens (including phenoxy) is 2. The van der Waals surface area contributed by atoms with Crippen molar-refractivity contribution in [1.29, 1.82) is 0 Å². The summed E-state index contributed by atoms with van der Waals surface area (Å²) in [4.78, 5) is 11.3. The molecule has 0 aliphatic heterocycles. The Balaban J connectivity index is 3.18. The van der Waals surface area contributed by atoms with Gasteiger partial charge >= 0.3 is 12.5 Å². The first kappa shape index (κ1) is 19.1. The Labute approximate surface area is 131 Å². The van der Waals surface area contributed by atoms with Crippen LogP contribution in [0.3, 0.4) is 0 Å². The number of carbonyl (C=O) groups is 1. The molecule has 0 atom stereocenters. The third kappa shape index (κ3) is 6.76. The summed E-state index contributed by atoms with van der Waals surface area (Å²) >= 11 is 0. The average Bonchev–Trinajstić information content (AvgIpc) is 2.25. The van der Waals surface area contributed by atoms with Crippen LogP contribution in [0.15, 0.2) is 23.1 Å². The molecule has 6 nitrogen and oxygen atoms in total. The zero-order valence-corrected chi connectivity index (χ0v) is 13.6. The van der Waals surface area contributed by atoms with Crippen molar-refractivity contribution in [2.24, 2.45) is 0 Å². The van der Waals surface area contributed by atoms with Crippen LogP contribution >= 0.6 is 0 Å². The summed E-state index contributed by atoms with van der Waals surface area (Å²) in [5, 5.41) is 2.09. The molecule has 0 spiro atoms. The first-order chi connectivity index (χ1) is 10.2. The summed E-state index contributed by atoms with van der Waals surface area (Å²) in [7, 11) is -3.75. The van der Waals surface area contributed by atoms with Crippen LogP contribution < -0.4 is 10.1 Å². The van der Waals surface area contributed by atoms with E-state index in [0.29, 0.717) is 6.07 Å². The zero-order valence-electron chi connectivity index (χ0n) is 12.8. The topological polar surface area (TPSA) is 81.7 Å². The fourth-order valence-electron chi connectivity index (χ4n) is 1.46. The van der Waals surface area contributed by atoms with Crippen LogP contribution in [0.4, 0.5) is 23.7 Å². The van der Waals surface area contributed by atoms with Gasteiger partial charge in [-0.2, -0.15) is 0 Å². The molecule has 1 aromatic carbocycles. The second-order valence-corrected chi connectivity index (χ2v) is 7.62. The van der Waals surface area contributed by atoms with Crippen molar-refractivity contribution in [3.63, 3.8) is 0 Å². The van der Waals surface area contributed by atoms with E-state index in [0.717, 1.165) is 18.4 Å². The Morgan fingerprint density at radius 2 is 1.74 bits per heavy atom. The maximum Gasteiger partial charge on any atom is 0.573 e. The van der Waals surface area contributed by atoms with Crippen molar-refractivity contribution < 1.29 is 35.9 Å². The van der Waals surface area contributed by atoms with Gasteiger partial charge in [-0.05, 0) is 32.9 Å². The number of amides is 1. The Bertz CT molecular complexity index is 693. The number of rotatable bonds is 3. The minimum absolute atomic E-state index is 0.371. The molecule has 23 heavy (non-hydrogen) atoms. The fourth-order valence-corrected chi connectivity index (χ4v) is 2.10. The van der Waals surface area contributed by atoms with Crippen LogP contribution in [-0.4, -0.2) is 32.7 Å². The normalized spacial score (nSPS) is 12.7. The van der Waals surface area contributed by atoms with E-state index in [2.05, 4.69) is 10.1 Å². The number of nitrogens with one attached hydrogen (secondary N) is 1. The molecular formula is C13H16F3NO5S. The molecule has 0 aliphatic rings. The summed E-state index contributed by atoms with van der Waals surface area (Å²) in [6.45, 7) is 4.73. The highest BCUT2D eigenvalue weighted by Gasteiger charge is 2.33. The highest BCUT2D eigenvalue weighted by Crippen LogP contribution is 2.33. The lowest BCUT2D eigenvalue weighted by atomic mass is 10.2.